The number of hydrogen-bond donors (Lipinski definition) is 0. The monoisotopic (exact) mass is 334 g/mol. The summed E-state index contributed by atoms with van der Waals surface area (Å²) >= 11 is 3.66. The summed E-state index contributed by atoms with van der Waals surface area (Å²) in [6.07, 6.45) is 3.56. The van der Waals surface area contributed by atoms with Crippen molar-refractivity contribution in [2.24, 2.45) is 0 Å². The number of halogens is 2. The highest BCUT2D eigenvalue weighted by molar-refractivity contribution is 9.09. The third kappa shape index (κ3) is 3.69. The van der Waals surface area contributed by atoms with E-state index in [1.165, 1.54) is 18.4 Å². The smallest absolute Gasteiger partial charge is 0.126 e. The molecule has 20 heavy (non-hydrogen) atoms. The second-order valence-electron chi connectivity index (χ2n) is 5.22. The van der Waals surface area contributed by atoms with Gasteiger partial charge >= 0.3 is 0 Å². The molecule has 0 aliphatic rings. The molecule has 0 aromatic heterocycles. The lowest BCUT2D eigenvalue weighted by molar-refractivity contribution is 0.616. The topological polar surface area (TPSA) is 0 Å². The number of rotatable bonds is 5. The summed E-state index contributed by atoms with van der Waals surface area (Å²) in [5, 5.41) is 0. The van der Waals surface area contributed by atoms with Gasteiger partial charge in [-0.3, -0.25) is 0 Å². The second-order valence-corrected chi connectivity index (χ2v) is 6.13. The Morgan fingerprint density at radius 2 is 1.70 bits per heavy atom. The van der Waals surface area contributed by atoms with Crippen LogP contribution in [0.2, 0.25) is 0 Å². The Morgan fingerprint density at radius 3 is 2.30 bits per heavy atom. The molecule has 0 heterocycles. The van der Waals surface area contributed by atoms with Crippen molar-refractivity contribution < 1.29 is 4.39 Å². The standard InChI is InChI=1S/C18H20BrF/c1-3-4-5-14-7-10-15(11-8-14)18(19)16-9-6-13(2)17(20)12-16/h6-12,18H,3-5H2,1-2H3. The van der Waals surface area contributed by atoms with Gasteiger partial charge in [0.15, 0.2) is 0 Å². The average molecular weight is 335 g/mol. The van der Waals surface area contributed by atoms with Gasteiger partial charge in [-0.1, -0.05) is 65.7 Å². The van der Waals surface area contributed by atoms with Crippen molar-refractivity contribution in [3.8, 4) is 0 Å². The first-order valence-electron chi connectivity index (χ1n) is 7.10. The third-order valence-electron chi connectivity index (χ3n) is 3.58. The van der Waals surface area contributed by atoms with E-state index >= 15 is 0 Å². The molecule has 106 valence electrons. The van der Waals surface area contributed by atoms with Gasteiger partial charge in [0, 0.05) is 0 Å². The maximum absolute atomic E-state index is 13.6. The lowest BCUT2D eigenvalue weighted by Crippen LogP contribution is -1.95. The highest BCUT2D eigenvalue weighted by atomic mass is 79.9. The molecule has 1 atom stereocenters. The van der Waals surface area contributed by atoms with Gasteiger partial charge in [-0.2, -0.15) is 0 Å². The molecule has 0 saturated heterocycles. The first kappa shape index (κ1) is 15.2. The van der Waals surface area contributed by atoms with Crippen LogP contribution in [0.4, 0.5) is 4.39 Å². The molecule has 0 saturated carbocycles. The highest BCUT2D eigenvalue weighted by Gasteiger charge is 2.11. The summed E-state index contributed by atoms with van der Waals surface area (Å²) < 4.78 is 13.6. The van der Waals surface area contributed by atoms with Gasteiger partial charge in [0.25, 0.3) is 0 Å². The van der Waals surface area contributed by atoms with E-state index < -0.39 is 0 Å². The minimum Gasteiger partial charge on any atom is -0.207 e. The van der Waals surface area contributed by atoms with Crippen LogP contribution in [0.25, 0.3) is 0 Å². The van der Waals surface area contributed by atoms with Gasteiger partial charge in [0.1, 0.15) is 5.82 Å². The first-order chi connectivity index (χ1) is 9.61. The Hall–Kier alpha value is -1.15. The van der Waals surface area contributed by atoms with Crippen molar-refractivity contribution in [2.75, 3.05) is 0 Å². The Kier molecular flexibility index (Phi) is 5.36. The summed E-state index contributed by atoms with van der Waals surface area (Å²) in [4.78, 5) is 0.0397. The molecule has 0 N–H and O–H groups in total. The zero-order valence-corrected chi connectivity index (χ0v) is 13.6. The SMILES string of the molecule is CCCCc1ccc(C(Br)c2ccc(C)c(F)c2)cc1. The molecule has 0 nitrogen and oxygen atoms in total. The Morgan fingerprint density at radius 1 is 1.05 bits per heavy atom. The van der Waals surface area contributed by atoms with Gasteiger partial charge in [0.05, 0.1) is 4.83 Å². The number of unbranched alkanes of at least 4 members (excludes halogenated alkanes) is 1. The molecule has 0 spiro atoms. The van der Waals surface area contributed by atoms with Gasteiger partial charge in [0.2, 0.25) is 0 Å². The molecule has 2 aromatic rings. The fourth-order valence-corrected chi connectivity index (χ4v) is 2.78. The minimum atomic E-state index is -0.147. The molecule has 0 amide bonds. The van der Waals surface area contributed by atoms with Crippen molar-refractivity contribution in [1.29, 1.82) is 0 Å². The van der Waals surface area contributed by atoms with Crippen LogP contribution >= 0.6 is 15.9 Å². The van der Waals surface area contributed by atoms with E-state index in [0.29, 0.717) is 5.56 Å². The van der Waals surface area contributed by atoms with E-state index in [1.54, 1.807) is 13.0 Å². The quantitative estimate of drug-likeness (QED) is 0.591. The van der Waals surface area contributed by atoms with Gasteiger partial charge in [-0.15, -0.1) is 0 Å². The van der Waals surface area contributed by atoms with E-state index in [9.17, 15) is 4.39 Å². The van der Waals surface area contributed by atoms with E-state index in [1.807, 2.05) is 12.1 Å². The van der Waals surface area contributed by atoms with Crippen LogP contribution in [0.15, 0.2) is 42.5 Å². The van der Waals surface area contributed by atoms with Crippen LogP contribution < -0.4 is 0 Å². The van der Waals surface area contributed by atoms with E-state index in [-0.39, 0.29) is 10.6 Å². The molecule has 1 unspecified atom stereocenters. The van der Waals surface area contributed by atoms with E-state index in [4.69, 9.17) is 0 Å². The van der Waals surface area contributed by atoms with Crippen LogP contribution in [0.1, 0.15) is 46.8 Å². The molecule has 2 rings (SSSR count). The zero-order valence-electron chi connectivity index (χ0n) is 12.0. The van der Waals surface area contributed by atoms with Gasteiger partial charge < -0.3 is 0 Å². The van der Waals surface area contributed by atoms with Crippen LogP contribution in [0, 0.1) is 12.7 Å². The summed E-state index contributed by atoms with van der Waals surface area (Å²) in [5.74, 6) is -0.147. The molecule has 0 fully saturated rings. The fourth-order valence-electron chi connectivity index (χ4n) is 2.19. The van der Waals surface area contributed by atoms with Crippen LogP contribution in [0.5, 0.6) is 0 Å². The molecular weight excluding hydrogens is 315 g/mol. The maximum atomic E-state index is 13.6. The summed E-state index contributed by atoms with van der Waals surface area (Å²) in [5.41, 5.74) is 4.16. The van der Waals surface area contributed by atoms with Crippen molar-refractivity contribution in [2.45, 2.75) is 37.9 Å². The van der Waals surface area contributed by atoms with Crippen molar-refractivity contribution >= 4 is 15.9 Å². The largest absolute Gasteiger partial charge is 0.207 e. The fraction of sp³-hybridized carbons (Fsp3) is 0.333. The summed E-state index contributed by atoms with van der Waals surface area (Å²) in [6.45, 7) is 3.99. The third-order valence-corrected chi connectivity index (χ3v) is 4.64. The lowest BCUT2D eigenvalue weighted by Gasteiger charge is -2.12. The molecule has 0 aliphatic carbocycles. The average Bonchev–Trinajstić information content (AvgIpc) is 2.48. The predicted molar refractivity (Wildman–Crippen MR) is 87.0 cm³/mol. The Bertz CT molecular complexity index is 560. The van der Waals surface area contributed by atoms with Crippen molar-refractivity contribution in [3.05, 3.63) is 70.5 Å². The molecule has 0 bridgehead atoms. The maximum Gasteiger partial charge on any atom is 0.126 e. The Labute approximate surface area is 129 Å². The normalized spacial score (nSPS) is 12.4. The van der Waals surface area contributed by atoms with Crippen molar-refractivity contribution in [1.82, 2.24) is 0 Å². The molecule has 0 aliphatic heterocycles. The van der Waals surface area contributed by atoms with E-state index in [2.05, 4.69) is 47.1 Å². The predicted octanol–water partition coefficient (Wildman–Crippen LogP) is 5.96. The first-order valence-corrected chi connectivity index (χ1v) is 8.02. The van der Waals surface area contributed by atoms with Crippen molar-refractivity contribution in [3.63, 3.8) is 0 Å². The number of alkyl halides is 1. The molecular formula is C18H20BrF. The second kappa shape index (κ2) is 7.03. The van der Waals surface area contributed by atoms with E-state index in [0.717, 1.165) is 17.5 Å². The van der Waals surface area contributed by atoms with Crippen LogP contribution in [-0.4, -0.2) is 0 Å². The number of aryl methyl sites for hydroxylation is 2. The van der Waals surface area contributed by atoms with Gasteiger partial charge in [-0.05, 0) is 48.1 Å². The Balaban J connectivity index is 2.15. The van der Waals surface area contributed by atoms with Crippen LogP contribution in [0.3, 0.4) is 0 Å². The summed E-state index contributed by atoms with van der Waals surface area (Å²) in [7, 11) is 0. The summed E-state index contributed by atoms with van der Waals surface area (Å²) in [6, 6.07) is 14.0. The zero-order chi connectivity index (χ0) is 14.5. The number of hydrogen-bond acceptors (Lipinski definition) is 0. The van der Waals surface area contributed by atoms with Crippen LogP contribution in [-0.2, 0) is 6.42 Å². The lowest BCUT2D eigenvalue weighted by atomic mass is 10.0. The van der Waals surface area contributed by atoms with Gasteiger partial charge in [-0.25, -0.2) is 4.39 Å². The number of benzene rings is 2. The molecule has 2 heteroatoms. The highest BCUT2D eigenvalue weighted by Crippen LogP contribution is 2.31. The molecule has 0 radical (unpaired) electrons. The minimum absolute atomic E-state index is 0.0397. The molecule has 2 aromatic carbocycles.